The second-order valence-electron chi connectivity index (χ2n) is 7.46. The third kappa shape index (κ3) is 4.85. The lowest BCUT2D eigenvalue weighted by atomic mass is 10.2. The van der Waals surface area contributed by atoms with E-state index in [0.717, 1.165) is 24.2 Å². The first-order valence-electron chi connectivity index (χ1n) is 10.4. The zero-order chi connectivity index (χ0) is 22.7. The summed E-state index contributed by atoms with van der Waals surface area (Å²) in [5.41, 5.74) is 1.36. The second-order valence-corrected chi connectivity index (χ2v) is 9.50. The number of nitrogens with zero attached hydrogens (tertiary/aromatic N) is 4. The molecule has 0 aliphatic carbocycles. The Labute approximate surface area is 200 Å². The van der Waals surface area contributed by atoms with Gasteiger partial charge in [-0.25, -0.2) is 0 Å². The molecule has 1 aromatic heterocycles. The number of benzene rings is 2. The van der Waals surface area contributed by atoms with Crippen molar-refractivity contribution in [1.29, 1.82) is 0 Å². The fourth-order valence-electron chi connectivity index (χ4n) is 3.67. The summed E-state index contributed by atoms with van der Waals surface area (Å²) in [7, 11) is 0. The summed E-state index contributed by atoms with van der Waals surface area (Å²) in [5.74, 6) is 0.242. The maximum atomic E-state index is 13.3. The predicted octanol–water partition coefficient (Wildman–Crippen LogP) is 5.59. The maximum absolute atomic E-state index is 13.3. The molecule has 2 amide bonds. The quantitative estimate of drug-likeness (QED) is 0.438. The molecule has 1 fully saturated rings. The number of amides is 2. The van der Waals surface area contributed by atoms with Gasteiger partial charge in [0.25, 0.3) is 5.91 Å². The number of hydrogen-bond donors (Lipinski definition) is 0. The molecular formula is C23H22Cl2N4O2S. The molecule has 32 heavy (non-hydrogen) atoms. The van der Waals surface area contributed by atoms with Crippen molar-refractivity contribution in [3.8, 4) is 11.4 Å². The minimum atomic E-state index is -0.402. The van der Waals surface area contributed by atoms with Gasteiger partial charge in [0.05, 0.1) is 5.25 Å². The first-order chi connectivity index (χ1) is 15.5. The average Bonchev–Trinajstić information content (AvgIpc) is 3.11. The van der Waals surface area contributed by atoms with Crippen LogP contribution < -0.4 is 0 Å². The van der Waals surface area contributed by atoms with Crippen LogP contribution in [0.1, 0.15) is 36.5 Å². The molecule has 4 rings (SSSR count). The number of rotatable bonds is 5. The predicted molar refractivity (Wildman–Crippen MR) is 127 cm³/mol. The van der Waals surface area contributed by atoms with Gasteiger partial charge in [-0.15, -0.1) is 10.2 Å². The maximum Gasteiger partial charge on any atom is 0.260 e. The van der Waals surface area contributed by atoms with Gasteiger partial charge < -0.3 is 4.57 Å². The first kappa shape index (κ1) is 22.8. The Morgan fingerprint density at radius 2 is 1.69 bits per heavy atom. The van der Waals surface area contributed by atoms with Gasteiger partial charge >= 0.3 is 0 Å². The lowest BCUT2D eigenvalue weighted by molar-refractivity contribution is -0.127. The van der Waals surface area contributed by atoms with Crippen molar-refractivity contribution in [2.24, 2.45) is 0 Å². The average molecular weight is 489 g/mol. The smallest absolute Gasteiger partial charge is 0.260 e. The zero-order valence-electron chi connectivity index (χ0n) is 17.5. The Morgan fingerprint density at radius 1 is 1.03 bits per heavy atom. The van der Waals surface area contributed by atoms with Crippen molar-refractivity contribution < 1.29 is 9.59 Å². The van der Waals surface area contributed by atoms with Crippen LogP contribution in [0.15, 0.2) is 53.7 Å². The fourth-order valence-corrected chi connectivity index (χ4v) is 5.12. The van der Waals surface area contributed by atoms with Crippen molar-refractivity contribution in [1.82, 2.24) is 19.7 Å². The molecule has 0 saturated carbocycles. The standard InChI is InChI=1S/C23H22Cl2N4O2S/c1-2-28-20(15-6-10-17(24)11-7-15)26-27-23(28)32-19-5-3-4-14-29(22(19)31)21(30)16-8-12-18(25)13-9-16/h6-13,19H,2-5,14H2,1H3. The minimum absolute atomic E-state index is 0.189. The number of carbonyl (C=O) groups excluding carboxylic acids is 2. The van der Waals surface area contributed by atoms with Crippen LogP contribution in [0.2, 0.25) is 10.0 Å². The van der Waals surface area contributed by atoms with Crippen LogP contribution in [0.5, 0.6) is 0 Å². The molecule has 1 aliphatic rings. The monoisotopic (exact) mass is 488 g/mol. The Morgan fingerprint density at radius 3 is 2.34 bits per heavy atom. The van der Waals surface area contributed by atoms with E-state index in [1.807, 2.05) is 35.8 Å². The molecular weight excluding hydrogens is 467 g/mol. The number of likely N-dealkylation sites (tertiary alicyclic amines) is 1. The molecule has 0 radical (unpaired) electrons. The number of imide groups is 1. The normalized spacial score (nSPS) is 16.8. The molecule has 9 heteroatoms. The van der Waals surface area contributed by atoms with Crippen LogP contribution in [0.3, 0.4) is 0 Å². The summed E-state index contributed by atoms with van der Waals surface area (Å²) in [4.78, 5) is 27.7. The second kappa shape index (κ2) is 10.1. The van der Waals surface area contributed by atoms with Gasteiger partial charge in [0.2, 0.25) is 5.91 Å². The van der Waals surface area contributed by atoms with Crippen molar-refractivity contribution in [3.63, 3.8) is 0 Å². The molecule has 166 valence electrons. The van der Waals surface area contributed by atoms with E-state index in [-0.39, 0.29) is 11.8 Å². The Kier molecular flexibility index (Phi) is 7.18. The van der Waals surface area contributed by atoms with Crippen molar-refractivity contribution in [3.05, 3.63) is 64.1 Å². The van der Waals surface area contributed by atoms with E-state index < -0.39 is 5.25 Å². The van der Waals surface area contributed by atoms with Crippen LogP contribution in [-0.2, 0) is 11.3 Å². The molecule has 2 heterocycles. The van der Waals surface area contributed by atoms with E-state index in [0.29, 0.717) is 40.3 Å². The van der Waals surface area contributed by atoms with Crippen LogP contribution in [-0.4, -0.2) is 43.3 Å². The van der Waals surface area contributed by atoms with Crippen molar-refractivity contribution in [2.75, 3.05) is 6.54 Å². The van der Waals surface area contributed by atoms with Crippen LogP contribution >= 0.6 is 35.0 Å². The molecule has 1 aliphatic heterocycles. The Hall–Kier alpha value is -2.35. The fraction of sp³-hybridized carbons (Fsp3) is 0.304. The molecule has 2 aromatic carbocycles. The van der Waals surface area contributed by atoms with Gasteiger partial charge in [0.15, 0.2) is 11.0 Å². The summed E-state index contributed by atoms with van der Waals surface area (Å²) >= 11 is 13.3. The van der Waals surface area contributed by atoms with Crippen LogP contribution in [0.25, 0.3) is 11.4 Å². The van der Waals surface area contributed by atoms with Crippen LogP contribution in [0.4, 0.5) is 0 Å². The van der Waals surface area contributed by atoms with Gasteiger partial charge in [-0.2, -0.15) is 0 Å². The topological polar surface area (TPSA) is 68.1 Å². The molecule has 0 N–H and O–H groups in total. The summed E-state index contributed by atoms with van der Waals surface area (Å²) in [6, 6.07) is 14.0. The molecule has 1 atom stereocenters. The van der Waals surface area contributed by atoms with Crippen molar-refractivity contribution >= 4 is 46.8 Å². The lowest BCUT2D eigenvalue weighted by Gasteiger charge is -2.22. The Bertz CT molecular complexity index is 1120. The number of halogens is 2. The highest BCUT2D eigenvalue weighted by molar-refractivity contribution is 8.00. The number of thioether (sulfide) groups is 1. The van der Waals surface area contributed by atoms with Crippen LogP contribution in [0, 0.1) is 0 Å². The van der Waals surface area contributed by atoms with E-state index in [1.54, 1.807) is 24.3 Å². The third-order valence-electron chi connectivity index (χ3n) is 5.36. The molecule has 0 bridgehead atoms. The van der Waals surface area contributed by atoms with E-state index in [2.05, 4.69) is 10.2 Å². The summed E-state index contributed by atoms with van der Waals surface area (Å²) in [5, 5.41) is 10.2. The molecule has 0 spiro atoms. The van der Waals surface area contributed by atoms with Crippen molar-refractivity contribution in [2.45, 2.75) is 43.1 Å². The van der Waals surface area contributed by atoms with E-state index >= 15 is 0 Å². The van der Waals surface area contributed by atoms with Gasteiger partial charge in [-0.05, 0) is 68.3 Å². The van der Waals surface area contributed by atoms with Gasteiger partial charge in [-0.3, -0.25) is 14.5 Å². The van der Waals surface area contributed by atoms with E-state index in [9.17, 15) is 9.59 Å². The minimum Gasteiger partial charge on any atom is -0.302 e. The molecule has 1 saturated heterocycles. The summed E-state index contributed by atoms with van der Waals surface area (Å²) in [6.45, 7) is 3.08. The number of aromatic nitrogens is 3. The van der Waals surface area contributed by atoms with E-state index in [4.69, 9.17) is 23.2 Å². The zero-order valence-corrected chi connectivity index (χ0v) is 19.8. The lowest BCUT2D eigenvalue weighted by Crippen LogP contribution is -2.41. The number of hydrogen-bond acceptors (Lipinski definition) is 5. The highest BCUT2D eigenvalue weighted by atomic mass is 35.5. The Balaban J connectivity index is 1.57. The highest BCUT2D eigenvalue weighted by Gasteiger charge is 2.33. The summed E-state index contributed by atoms with van der Waals surface area (Å²) < 4.78 is 1.98. The van der Waals surface area contributed by atoms with Gasteiger partial charge in [0, 0.05) is 34.3 Å². The largest absolute Gasteiger partial charge is 0.302 e. The molecule has 6 nitrogen and oxygen atoms in total. The number of carbonyl (C=O) groups is 2. The SMILES string of the molecule is CCn1c(SC2CCCCN(C(=O)c3ccc(Cl)cc3)C2=O)nnc1-c1ccc(Cl)cc1. The first-order valence-corrected chi connectivity index (χ1v) is 12.1. The third-order valence-corrected chi connectivity index (χ3v) is 7.10. The molecule has 1 unspecified atom stereocenters. The van der Waals surface area contributed by atoms with Gasteiger partial charge in [-0.1, -0.05) is 41.4 Å². The molecule has 3 aromatic rings. The highest BCUT2D eigenvalue weighted by Crippen LogP contribution is 2.32. The summed E-state index contributed by atoms with van der Waals surface area (Å²) in [6.07, 6.45) is 2.32. The van der Waals surface area contributed by atoms with Gasteiger partial charge in [0.1, 0.15) is 0 Å². The van der Waals surface area contributed by atoms with E-state index in [1.165, 1.54) is 16.7 Å².